The molecule has 15 heavy (non-hydrogen) atoms. The van der Waals surface area contributed by atoms with Crippen molar-refractivity contribution in [3.8, 4) is 5.69 Å². The number of aliphatic hydroxyl groups excluding tert-OH is 1. The van der Waals surface area contributed by atoms with Crippen molar-refractivity contribution in [3.05, 3.63) is 48.3 Å². The van der Waals surface area contributed by atoms with Crippen LogP contribution in [0, 0.1) is 0 Å². The second-order valence-corrected chi connectivity index (χ2v) is 3.43. The van der Waals surface area contributed by atoms with Gasteiger partial charge >= 0.3 is 0 Å². The molecule has 1 atom stereocenters. The van der Waals surface area contributed by atoms with Crippen molar-refractivity contribution in [1.29, 1.82) is 0 Å². The van der Waals surface area contributed by atoms with E-state index in [1.165, 1.54) is 0 Å². The molecule has 0 bridgehead atoms. The predicted molar refractivity (Wildman–Crippen MR) is 58.8 cm³/mol. The van der Waals surface area contributed by atoms with Crippen molar-refractivity contribution in [3.63, 3.8) is 0 Å². The molecule has 1 aromatic heterocycles. The van der Waals surface area contributed by atoms with Gasteiger partial charge in [-0.05, 0) is 18.6 Å². The Kier molecular flexibility index (Phi) is 2.83. The summed E-state index contributed by atoms with van der Waals surface area (Å²) in [6.45, 7) is 1.96. The number of aromatic nitrogens is 2. The lowest BCUT2D eigenvalue weighted by molar-refractivity contribution is 0.173. The molecule has 1 heterocycles. The van der Waals surface area contributed by atoms with Crippen LogP contribution in [-0.4, -0.2) is 14.9 Å². The summed E-state index contributed by atoms with van der Waals surface area (Å²) in [6, 6.07) is 9.64. The van der Waals surface area contributed by atoms with Crippen molar-refractivity contribution in [1.82, 2.24) is 9.78 Å². The van der Waals surface area contributed by atoms with Gasteiger partial charge in [-0.15, -0.1) is 0 Å². The second kappa shape index (κ2) is 4.28. The molecular weight excluding hydrogens is 188 g/mol. The molecule has 2 rings (SSSR count). The first kappa shape index (κ1) is 9.93. The van der Waals surface area contributed by atoms with Crippen LogP contribution in [-0.2, 0) is 0 Å². The summed E-state index contributed by atoms with van der Waals surface area (Å²) >= 11 is 0. The molecule has 0 aliphatic carbocycles. The van der Waals surface area contributed by atoms with E-state index in [2.05, 4.69) is 5.10 Å². The highest BCUT2D eigenvalue weighted by Crippen LogP contribution is 2.22. The topological polar surface area (TPSA) is 38.0 Å². The molecule has 0 saturated carbocycles. The summed E-state index contributed by atoms with van der Waals surface area (Å²) in [7, 11) is 0. The Morgan fingerprint density at radius 3 is 2.80 bits per heavy atom. The fourth-order valence-corrected chi connectivity index (χ4v) is 1.61. The third-order valence-electron chi connectivity index (χ3n) is 2.43. The molecule has 3 heteroatoms. The molecule has 0 aliphatic rings. The maximum absolute atomic E-state index is 9.87. The van der Waals surface area contributed by atoms with Crippen LogP contribution in [0.5, 0.6) is 0 Å². The fraction of sp³-hybridized carbons (Fsp3) is 0.250. The molecule has 0 radical (unpaired) electrons. The van der Waals surface area contributed by atoms with Gasteiger partial charge in [0.05, 0.1) is 11.8 Å². The van der Waals surface area contributed by atoms with E-state index in [9.17, 15) is 5.11 Å². The number of benzene rings is 1. The van der Waals surface area contributed by atoms with E-state index < -0.39 is 6.10 Å². The highest BCUT2D eigenvalue weighted by atomic mass is 16.3. The lowest BCUT2D eigenvalue weighted by atomic mass is 10.1. The van der Waals surface area contributed by atoms with Crippen LogP contribution in [0.3, 0.4) is 0 Å². The van der Waals surface area contributed by atoms with E-state index in [0.29, 0.717) is 6.42 Å². The Balaban J connectivity index is 2.47. The monoisotopic (exact) mass is 202 g/mol. The third kappa shape index (κ3) is 1.92. The molecule has 0 amide bonds. The molecule has 0 spiro atoms. The highest BCUT2D eigenvalue weighted by molar-refractivity contribution is 5.41. The standard InChI is InChI=1S/C12H14N2O/c1-2-12(15)10-6-3-4-7-11(10)14-9-5-8-13-14/h3-9,12,15H,2H2,1H3. The van der Waals surface area contributed by atoms with Crippen LogP contribution >= 0.6 is 0 Å². The van der Waals surface area contributed by atoms with Crippen molar-refractivity contribution >= 4 is 0 Å². The first-order valence-electron chi connectivity index (χ1n) is 5.10. The summed E-state index contributed by atoms with van der Waals surface area (Å²) in [5, 5.41) is 14.0. The van der Waals surface area contributed by atoms with E-state index in [1.807, 2.05) is 43.5 Å². The van der Waals surface area contributed by atoms with E-state index >= 15 is 0 Å². The Bertz CT molecular complexity index is 423. The zero-order valence-corrected chi connectivity index (χ0v) is 8.67. The number of hydrogen-bond donors (Lipinski definition) is 1. The molecule has 1 unspecified atom stereocenters. The number of para-hydroxylation sites is 1. The van der Waals surface area contributed by atoms with Crippen LogP contribution in [0.4, 0.5) is 0 Å². The molecule has 3 nitrogen and oxygen atoms in total. The lowest BCUT2D eigenvalue weighted by Crippen LogP contribution is -2.04. The minimum atomic E-state index is -0.426. The number of rotatable bonds is 3. The lowest BCUT2D eigenvalue weighted by Gasteiger charge is -2.13. The maximum Gasteiger partial charge on any atom is 0.0808 e. The van der Waals surface area contributed by atoms with Gasteiger partial charge in [0, 0.05) is 18.0 Å². The van der Waals surface area contributed by atoms with Crippen LogP contribution in [0.1, 0.15) is 25.0 Å². The summed E-state index contributed by atoms with van der Waals surface area (Å²) in [4.78, 5) is 0. The van der Waals surface area contributed by atoms with Crippen molar-refractivity contribution in [2.75, 3.05) is 0 Å². The minimum absolute atomic E-state index is 0.426. The Morgan fingerprint density at radius 2 is 2.13 bits per heavy atom. The summed E-state index contributed by atoms with van der Waals surface area (Å²) in [6.07, 6.45) is 3.89. The number of aliphatic hydroxyl groups is 1. The average Bonchev–Trinajstić information content (AvgIpc) is 2.81. The molecule has 0 saturated heterocycles. The maximum atomic E-state index is 9.87. The Labute approximate surface area is 89.0 Å². The van der Waals surface area contributed by atoms with Gasteiger partial charge in [0.25, 0.3) is 0 Å². The summed E-state index contributed by atoms with van der Waals surface area (Å²) in [5.74, 6) is 0. The summed E-state index contributed by atoms with van der Waals surface area (Å²) < 4.78 is 1.77. The zero-order valence-electron chi connectivity index (χ0n) is 8.67. The first-order valence-corrected chi connectivity index (χ1v) is 5.10. The minimum Gasteiger partial charge on any atom is -0.388 e. The van der Waals surface area contributed by atoms with E-state index in [4.69, 9.17) is 0 Å². The first-order chi connectivity index (χ1) is 7.33. The van der Waals surface area contributed by atoms with Gasteiger partial charge in [-0.2, -0.15) is 5.10 Å². The molecular formula is C12H14N2O. The van der Waals surface area contributed by atoms with Gasteiger partial charge in [-0.25, -0.2) is 4.68 Å². The summed E-state index contributed by atoms with van der Waals surface area (Å²) in [5.41, 5.74) is 1.86. The van der Waals surface area contributed by atoms with Crippen LogP contribution in [0.25, 0.3) is 5.69 Å². The largest absolute Gasteiger partial charge is 0.388 e. The molecule has 1 N–H and O–H groups in total. The van der Waals surface area contributed by atoms with Crippen LogP contribution < -0.4 is 0 Å². The van der Waals surface area contributed by atoms with Crippen LogP contribution in [0.15, 0.2) is 42.7 Å². The van der Waals surface area contributed by atoms with Gasteiger partial charge in [-0.1, -0.05) is 25.1 Å². The molecule has 2 aromatic rings. The smallest absolute Gasteiger partial charge is 0.0808 e. The predicted octanol–water partition coefficient (Wildman–Crippen LogP) is 2.32. The van der Waals surface area contributed by atoms with Gasteiger partial charge in [0.15, 0.2) is 0 Å². The fourth-order valence-electron chi connectivity index (χ4n) is 1.61. The quantitative estimate of drug-likeness (QED) is 0.829. The van der Waals surface area contributed by atoms with Gasteiger partial charge in [0.2, 0.25) is 0 Å². The van der Waals surface area contributed by atoms with Crippen molar-refractivity contribution in [2.24, 2.45) is 0 Å². The Hall–Kier alpha value is -1.61. The Morgan fingerprint density at radius 1 is 1.33 bits per heavy atom. The molecule has 0 fully saturated rings. The number of hydrogen-bond acceptors (Lipinski definition) is 2. The molecule has 78 valence electrons. The second-order valence-electron chi connectivity index (χ2n) is 3.43. The van der Waals surface area contributed by atoms with E-state index in [-0.39, 0.29) is 0 Å². The third-order valence-corrected chi connectivity index (χ3v) is 2.43. The van der Waals surface area contributed by atoms with Crippen molar-refractivity contribution < 1.29 is 5.11 Å². The zero-order chi connectivity index (χ0) is 10.7. The van der Waals surface area contributed by atoms with Crippen LogP contribution in [0.2, 0.25) is 0 Å². The highest BCUT2D eigenvalue weighted by Gasteiger charge is 2.10. The molecule has 1 aromatic carbocycles. The normalized spacial score (nSPS) is 12.7. The van der Waals surface area contributed by atoms with Gasteiger partial charge in [-0.3, -0.25) is 0 Å². The van der Waals surface area contributed by atoms with Gasteiger partial charge < -0.3 is 5.11 Å². The molecule has 0 aliphatic heterocycles. The van der Waals surface area contributed by atoms with Crippen molar-refractivity contribution in [2.45, 2.75) is 19.4 Å². The number of nitrogens with zero attached hydrogens (tertiary/aromatic N) is 2. The van der Waals surface area contributed by atoms with E-state index in [1.54, 1.807) is 10.9 Å². The van der Waals surface area contributed by atoms with E-state index in [0.717, 1.165) is 11.3 Å². The average molecular weight is 202 g/mol. The van der Waals surface area contributed by atoms with Gasteiger partial charge in [0.1, 0.15) is 0 Å². The SMILES string of the molecule is CCC(O)c1ccccc1-n1cccn1.